The quantitative estimate of drug-likeness (QED) is 0.384. The van der Waals surface area contributed by atoms with Crippen molar-refractivity contribution in [3.05, 3.63) is 72.2 Å². The second-order valence-corrected chi connectivity index (χ2v) is 11.0. The van der Waals surface area contributed by atoms with Gasteiger partial charge in [0.05, 0.1) is 12.2 Å². The van der Waals surface area contributed by atoms with Gasteiger partial charge in [0, 0.05) is 31.9 Å². The SMILES string of the molecule is CN(C(=O)OC(C)(C)C)c1cccc(NCCc2cccc(N(Cc3ccccn3)C(=O)OC(C)(C)C)n2)n1. The van der Waals surface area contributed by atoms with Gasteiger partial charge in [0.25, 0.3) is 0 Å². The van der Waals surface area contributed by atoms with Gasteiger partial charge in [0.1, 0.15) is 28.7 Å². The van der Waals surface area contributed by atoms with Crippen LogP contribution in [0.25, 0.3) is 0 Å². The predicted octanol–water partition coefficient (Wildman–Crippen LogP) is 5.84. The molecule has 208 valence electrons. The van der Waals surface area contributed by atoms with Gasteiger partial charge in [-0.1, -0.05) is 18.2 Å². The lowest BCUT2D eigenvalue weighted by atomic mass is 10.2. The molecule has 0 saturated heterocycles. The third-order valence-electron chi connectivity index (χ3n) is 5.16. The Bertz CT molecular complexity index is 1250. The molecule has 0 aromatic carbocycles. The van der Waals surface area contributed by atoms with Crippen LogP contribution in [0.5, 0.6) is 0 Å². The van der Waals surface area contributed by atoms with Gasteiger partial charge in [-0.05, 0) is 77.9 Å². The van der Waals surface area contributed by atoms with Crippen molar-refractivity contribution in [2.24, 2.45) is 0 Å². The zero-order chi connectivity index (χ0) is 28.6. The molecule has 3 heterocycles. The monoisotopic (exact) mass is 534 g/mol. The fourth-order valence-corrected chi connectivity index (χ4v) is 3.42. The summed E-state index contributed by atoms with van der Waals surface area (Å²) >= 11 is 0. The Hall–Kier alpha value is -4.21. The third kappa shape index (κ3) is 9.55. The summed E-state index contributed by atoms with van der Waals surface area (Å²) in [4.78, 5) is 41.9. The number of ether oxygens (including phenoxy) is 2. The summed E-state index contributed by atoms with van der Waals surface area (Å²) in [6, 6.07) is 16.5. The predicted molar refractivity (Wildman–Crippen MR) is 152 cm³/mol. The Balaban J connectivity index is 1.68. The van der Waals surface area contributed by atoms with E-state index in [2.05, 4.69) is 15.3 Å². The summed E-state index contributed by atoms with van der Waals surface area (Å²) in [7, 11) is 1.62. The molecule has 0 aliphatic carbocycles. The van der Waals surface area contributed by atoms with Crippen LogP contribution < -0.4 is 15.1 Å². The summed E-state index contributed by atoms with van der Waals surface area (Å²) in [5.41, 5.74) is 0.260. The van der Waals surface area contributed by atoms with Crippen LogP contribution in [0.1, 0.15) is 52.9 Å². The lowest BCUT2D eigenvalue weighted by Crippen LogP contribution is -2.37. The molecule has 1 N–H and O–H groups in total. The zero-order valence-corrected chi connectivity index (χ0v) is 23.8. The summed E-state index contributed by atoms with van der Waals surface area (Å²) in [6.45, 7) is 11.7. The first kappa shape index (κ1) is 29.3. The molecule has 0 radical (unpaired) electrons. The number of hydrogen-bond acceptors (Lipinski definition) is 8. The van der Waals surface area contributed by atoms with Crippen LogP contribution in [0.4, 0.5) is 27.0 Å². The number of rotatable bonds is 8. The first-order valence-corrected chi connectivity index (χ1v) is 12.8. The molecule has 3 aromatic heterocycles. The van der Waals surface area contributed by atoms with E-state index in [1.54, 1.807) is 25.4 Å². The van der Waals surface area contributed by atoms with Gasteiger partial charge in [-0.15, -0.1) is 0 Å². The Kier molecular flexibility index (Phi) is 9.45. The lowest BCUT2D eigenvalue weighted by molar-refractivity contribution is 0.0569. The lowest BCUT2D eigenvalue weighted by Gasteiger charge is -2.27. The van der Waals surface area contributed by atoms with Gasteiger partial charge in [0.2, 0.25) is 0 Å². The summed E-state index contributed by atoms with van der Waals surface area (Å²) < 4.78 is 11.1. The van der Waals surface area contributed by atoms with Crippen LogP contribution in [-0.4, -0.2) is 51.9 Å². The Morgan fingerprint density at radius 1 is 0.795 bits per heavy atom. The summed E-state index contributed by atoms with van der Waals surface area (Å²) in [6.07, 6.45) is 1.29. The van der Waals surface area contributed by atoms with Gasteiger partial charge >= 0.3 is 12.2 Å². The molecule has 3 aromatic rings. The van der Waals surface area contributed by atoms with E-state index < -0.39 is 23.4 Å². The highest BCUT2D eigenvalue weighted by Crippen LogP contribution is 2.20. The molecule has 10 nitrogen and oxygen atoms in total. The van der Waals surface area contributed by atoms with Crippen molar-refractivity contribution in [2.75, 3.05) is 28.7 Å². The number of hydrogen-bond donors (Lipinski definition) is 1. The number of nitrogens with one attached hydrogen (secondary N) is 1. The van der Waals surface area contributed by atoms with Crippen molar-refractivity contribution in [3.63, 3.8) is 0 Å². The maximum absolute atomic E-state index is 13.1. The van der Waals surface area contributed by atoms with Crippen molar-refractivity contribution in [1.82, 2.24) is 15.0 Å². The highest BCUT2D eigenvalue weighted by Gasteiger charge is 2.25. The topological polar surface area (TPSA) is 110 Å². The zero-order valence-electron chi connectivity index (χ0n) is 23.8. The molecule has 2 amide bonds. The molecule has 0 saturated carbocycles. The van der Waals surface area contributed by atoms with Gasteiger partial charge in [0.15, 0.2) is 0 Å². The molecule has 0 unspecified atom stereocenters. The van der Waals surface area contributed by atoms with Crippen LogP contribution >= 0.6 is 0 Å². The highest BCUT2D eigenvalue weighted by atomic mass is 16.6. The fourth-order valence-electron chi connectivity index (χ4n) is 3.42. The summed E-state index contributed by atoms with van der Waals surface area (Å²) in [5, 5.41) is 3.27. The number of aromatic nitrogens is 3. The Morgan fingerprint density at radius 2 is 1.44 bits per heavy atom. The largest absolute Gasteiger partial charge is 0.443 e. The molecule has 0 spiro atoms. The average Bonchev–Trinajstić information content (AvgIpc) is 2.86. The molecule has 0 bridgehead atoms. The second kappa shape index (κ2) is 12.6. The van der Waals surface area contributed by atoms with Crippen LogP contribution in [-0.2, 0) is 22.4 Å². The minimum Gasteiger partial charge on any atom is -0.443 e. The summed E-state index contributed by atoms with van der Waals surface area (Å²) in [5.74, 6) is 1.56. The number of nitrogens with zero attached hydrogens (tertiary/aromatic N) is 5. The van der Waals surface area contributed by atoms with E-state index in [0.717, 1.165) is 11.4 Å². The first-order valence-electron chi connectivity index (χ1n) is 12.8. The maximum Gasteiger partial charge on any atom is 0.416 e. The van der Waals surface area contributed by atoms with Gasteiger partial charge in [-0.2, -0.15) is 0 Å². The number of amides is 2. The molecule has 39 heavy (non-hydrogen) atoms. The molecule has 0 fully saturated rings. The van der Waals surface area contributed by atoms with Gasteiger partial charge < -0.3 is 14.8 Å². The highest BCUT2D eigenvalue weighted by molar-refractivity contribution is 5.87. The van der Waals surface area contributed by atoms with Gasteiger partial charge in [-0.3, -0.25) is 14.8 Å². The molecule has 0 aliphatic rings. The smallest absolute Gasteiger partial charge is 0.416 e. The maximum atomic E-state index is 13.1. The third-order valence-corrected chi connectivity index (χ3v) is 5.16. The minimum atomic E-state index is -0.653. The number of pyridine rings is 3. The Morgan fingerprint density at radius 3 is 2.10 bits per heavy atom. The van der Waals surface area contributed by atoms with Crippen LogP contribution in [0.15, 0.2) is 60.8 Å². The van der Waals surface area contributed by atoms with E-state index in [-0.39, 0.29) is 6.54 Å². The molecule has 0 atom stereocenters. The average molecular weight is 535 g/mol. The molecular formula is C29H38N6O4. The normalized spacial score (nSPS) is 11.5. The van der Waals surface area contributed by atoms with E-state index in [9.17, 15) is 9.59 Å². The standard InChI is InChI=1S/C29H38N6O4/c1-28(2,3)38-26(36)34(7)24-15-11-14-23(33-24)31-19-17-21-13-10-16-25(32-21)35(27(37)39-29(4,5)6)20-22-12-8-9-18-30-22/h8-16,18H,17,19-20H2,1-7H3,(H,31,33). The molecule has 10 heteroatoms. The molecule has 3 rings (SSSR count). The van der Waals surface area contributed by atoms with Crippen molar-refractivity contribution < 1.29 is 19.1 Å². The van der Waals surface area contributed by atoms with Crippen LogP contribution in [0.3, 0.4) is 0 Å². The minimum absolute atomic E-state index is 0.229. The van der Waals surface area contributed by atoms with Gasteiger partial charge in [-0.25, -0.2) is 19.6 Å². The first-order chi connectivity index (χ1) is 18.3. The van der Waals surface area contributed by atoms with E-state index >= 15 is 0 Å². The van der Waals surface area contributed by atoms with E-state index in [4.69, 9.17) is 14.5 Å². The fraction of sp³-hybridized carbons (Fsp3) is 0.414. The van der Waals surface area contributed by atoms with Crippen molar-refractivity contribution >= 4 is 29.6 Å². The number of carbonyl (C=O) groups is 2. The van der Waals surface area contributed by atoms with Crippen LogP contribution in [0, 0.1) is 0 Å². The molecule has 0 aliphatic heterocycles. The number of anilines is 3. The second-order valence-electron chi connectivity index (χ2n) is 11.0. The van der Waals surface area contributed by atoms with Crippen molar-refractivity contribution in [1.29, 1.82) is 0 Å². The molecular weight excluding hydrogens is 496 g/mol. The van der Waals surface area contributed by atoms with Crippen molar-refractivity contribution in [2.45, 2.75) is 65.7 Å². The van der Waals surface area contributed by atoms with Crippen LogP contribution in [0.2, 0.25) is 0 Å². The van der Waals surface area contributed by atoms with E-state index in [1.807, 2.05) is 84.0 Å². The Labute approximate surface area is 230 Å². The van der Waals surface area contributed by atoms with Crippen molar-refractivity contribution in [3.8, 4) is 0 Å². The van der Waals surface area contributed by atoms with E-state index in [0.29, 0.717) is 30.4 Å². The number of carbonyl (C=O) groups excluding carboxylic acids is 2. The van der Waals surface area contributed by atoms with E-state index in [1.165, 1.54) is 9.80 Å².